The molecule has 0 aromatic rings. The molecule has 0 aliphatic rings. The average Bonchev–Trinajstić information content (AvgIpc) is 1.84. The monoisotopic (exact) mass is 160 g/mol. The van der Waals surface area contributed by atoms with Crippen LogP contribution in [-0.2, 0) is 9.53 Å². The predicted molar refractivity (Wildman–Crippen MR) is 38.4 cm³/mol. The van der Waals surface area contributed by atoms with Crippen LogP contribution in [0.3, 0.4) is 0 Å². The molecular formula is C7H12O4. The SMILES string of the molecule is CC(C)=C(C)C(=O)OC(O)O. The highest BCUT2D eigenvalue weighted by atomic mass is 16.7. The molecule has 0 fully saturated rings. The molecule has 0 radical (unpaired) electrons. The number of carbonyl (C=O) groups is 1. The van der Waals surface area contributed by atoms with Crippen molar-refractivity contribution >= 4 is 5.97 Å². The van der Waals surface area contributed by atoms with Gasteiger partial charge in [0.05, 0.1) is 0 Å². The summed E-state index contributed by atoms with van der Waals surface area (Å²) in [6.45, 7) is 3.00. The van der Waals surface area contributed by atoms with Gasteiger partial charge in [-0.15, -0.1) is 0 Å². The highest BCUT2D eigenvalue weighted by molar-refractivity contribution is 5.88. The molecule has 0 atom stereocenters. The van der Waals surface area contributed by atoms with E-state index >= 15 is 0 Å². The molecule has 0 saturated carbocycles. The second-order valence-corrected chi connectivity index (χ2v) is 2.36. The minimum Gasteiger partial charge on any atom is -0.407 e. The number of hydrogen-bond acceptors (Lipinski definition) is 4. The zero-order valence-corrected chi connectivity index (χ0v) is 6.79. The molecule has 0 heterocycles. The van der Waals surface area contributed by atoms with Crippen molar-refractivity contribution in [2.75, 3.05) is 0 Å². The highest BCUT2D eigenvalue weighted by Gasteiger charge is 2.10. The molecule has 0 bridgehead atoms. The van der Waals surface area contributed by atoms with E-state index in [0.29, 0.717) is 5.57 Å². The number of esters is 1. The molecule has 0 aromatic heterocycles. The van der Waals surface area contributed by atoms with Gasteiger partial charge >= 0.3 is 12.4 Å². The van der Waals surface area contributed by atoms with Gasteiger partial charge in [0, 0.05) is 5.57 Å². The minimum absolute atomic E-state index is 0.387. The summed E-state index contributed by atoms with van der Waals surface area (Å²) in [6.07, 6.45) is 0. The van der Waals surface area contributed by atoms with Gasteiger partial charge in [-0.3, -0.25) is 0 Å². The summed E-state index contributed by atoms with van der Waals surface area (Å²) in [6, 6.07) is 0. The van der Waals surface area contributed by atoms with Gasteiger partial charge in [-0.2, -0.15) is 0 Å². The first-order valence-electron chi connectivity index (χ1n) is 3.16. The number of ether oxygens (including phenoxy) is 1. The molecule has 64 valence electrons. The molecule has 4 nitrogen and oxygen atoms in total. The molecular weight excluding hydrogens is 148 g/mol. The maximum atomic E-state index is 10.8. The Morgan fingerprint density at radius 2 is 1.73 bits per heavy atom. The van der Waals surface area contributed by atoms with Crippen molar-refractivity contribution in [3.8, 4) is 0 Å². The van der Waals surface area contributed by atoms with Crippen LogP contribution >= 0.6 is 0 Å². The molecule has 4 heteroatoms. The van der Waals surface area contributed by atoms with Crippen molar-refractivity contribution in [1.82, 2.24) is 0 Å². The van der Waals surface area contributed by atoms with Crippen LogP contribution in [0.5, 0.6) is 0 Å². The lowest BCUT2D eigenvalue weighted by Crippen LogP contribution is -2.17. The van der Waals surface area contributed by atoms with Gasteiger partial charge in [0.15, 0.2) is 0 Å². The number of allylic oxidation sites excluding steroid dienone is 1. The Hall–Kier alpha value is -0.870. The molecule has 0 amide bonds. The minimum atomic E-state index is -2.03. The summed E-state index contributed by atoms with van der Waals surface area (Å²) < 4.78 is 4.09. The van der Waals surface area contributed by atoms with E-state index in [-0.39, 0.29) is 0 Å². The number of rotatable bonds is 2. The first-order chi connectivity index (χ1) is 4.95. The first kappa shape index (κ1) is 10.1. The van der Waals surface area contributed by atoms with Crippen molar-refractivity contribution in [2.24, 2.45) is 0 Å². The zero-order chi connectivity index (χ0) is 9.02. The van der Waals surface area contributed by atoms with Crippen molar-refractivity contribution in [3.63, 3.8) is 0 Å². The second kappa shape index (κ2) is 4.10. The van der Waals surface area contributed by atoms with E-state index in [2.05, 4.69) is 4.74 Å². The Morgan fingerprint density at radius 1 is 1.27 bits per heavy atom. The summed E-state index contributed by atoms with van der Waals surface area (Å²) in [5.41, 5.74) is 1.17. The molecule has 11 heavy (non-hydrogen) atoms. The third-order valence-corrected chi connectivity index (χ3v) is 1.27. The maximum absolute atomic E-state index is 10.8. The summed E-state index contributed by atoms with van der Waals surface area (Å²) in [5, 5.41) is 16.5. The van der Waals surface area contributed by atoms with Crippen LogP contribution in [0.4, 0.5) is 0 Å². The third-order valence-electron chi connectivity index (χ3n) is 1.27. The van der Waals surface area contributed by atoms with Crippen LogP contribution in [0.15, 0.2) is 11.1 Å². The van der Waals surface area contributed by atoms with Crippen molar-refractivity contribution in [1.29, 1.82) is 0 Å². The Labute approximate surface area is 65.1 Å². The van der Waals surface area contributed by atoms with E-state index in [1.165, 1.54) is 0 Å². The number of aliphatic hydroxyl groups excluding tert-OH is 1. The number of hydrogen-bond donors (Lipinski definition) is 2. The van der Waals surface area contributed by atoms with Crippen LogP contribution in [0, 0.1) is 0 Å². The molecule has 2 N–H and O–H groups in total. The molecule has 0 saturated heterocycles. The largest absolute Gasteiger partial charge is 0.407 e. The normalized spacial score (nSPS) is 9.64. The van der Waals surface area contributed by atoms with Gasteiger partial charge in [0.25, 0.3) is 0 Å². The second-order valence-electron chi connectivity index (χ2n) is 2.36. The standard InChI is InChI=1S/C7H12O4/c1-4(2)5(3)6(8)11-7(9)10/h7,9-10H,1-3H3. The quantitative estimate of drug-likeness (QED) is 0.343. The van der Waals surface area contributed by atoms with Crippen LogP contribution in [0.25, 0.3) is 0 Å². The molecule has 0 rings (SSSR count). The molecule has 0 aliphatic heterocycles. The molecule has 0 aliphatic carbocycles. The molecule has 0 aromatic carbocycles. The van der Waals surface area contributed by atoms with Gasteiger partial charge in [0.2, 0.25) is 0 Å². The van der Waals surface area contributed by atoms with E-state index in [9.17, 15) is 4.79 Å². The van der Waals surface area contributed by atoms with Crippen LogP contribution in [0.1, 0.15) is 20.8 Å². The lowest BCUT2D eigenvalue weighted by atomic mass is 10.2. The van der Waals surface area contributed by atoms with Crippen LogP contribution in [0.2, 0.25) is 0 Å². The van der Waals surface area contributed by atoms with E-state index < -0.39 is 12.4 Å². The highest BCUT2D eigenvalue weighted by Crippen LogP contribution is 2.04. The summed E-state index contributed by atoms with van der Waals surface area (Å²) >= 11 is 0. The zero-order valence-electron chi connectivity index (χ0n) is 6.79. The Morgan fingerprint density at radius 3 is 2.00 bits per heavy atom. The summed E-state index contributed by atoms with van der Waals surface area (Å²) in [5.74, 6) is -0.708. The van der Waals surface area contributed by atoms with Crippen LogP contribution < -0.4 is 0 Å². The Kier molecular flexibility index (Phi) is 3.78. The van der Waals surface area contributed by atoms with Gasteiger partial charge in [-0.05, 0) is 20.8 Å². The lowest BCUT2D eigenvalue weighted by Gasteiger charge is -2.06. The Balaban J connectivity index is 4.17. The fraction of sp³-hybridized carbons (Fsp3) is 0.571. The number of carbonyl (C=O) groups excluding carboxylic acids is 1. The maximum Gasteiger partial charge on any atom is 0.337 e. The summed E-state index contributed by atoms with van der Waals surface area (Å²) in [4.78, 5) is 10.8. The van der Waals surface area contributed by atoms with Gasteiger partial charge < -0.3 is 14.9 Å². The van der Waals surface area contributed by atoms with Gasteiger partial charge in [-0.25, -0.2) is 4.79 Å². The average molecular weight is 160 g/mol. The third kappa shape index (κ3) is 3.75. The van der Waals surface area contributed by atoms with Crippen molar-refractivity contribution in [2.45, 2.75) is 27.2 Å². The lowest BCUT2D eigenvalue weighted by molar-refractivity contribution is -0.226. The molecule has 0 unspecified atom stereocenters. The molecule has 0 spiro atoms. The smallest absolute Gasteiger partial charge is 0.337 e. The Bertz CT molecular complexity index is 177. The number of aliphatic hydroxyl groups is 2. The van der Waals surface area contributed by atoms with Gasteiger partial charge in [0.1, 0.15) is 0 Å². The van der Waals surface area contributed by atoms with Crippen LogP contribution in [-0.4, -0.2) is 22.7 Å². The van der Waals surface area contributed by atoms with E-state index in [1.54, 1.807) is 20.8 Å². The van der Waals surface area contributed by atoms with E-state index in [4.69, 9.17) is 10.2 Å². The van der Waals surface area contributed by atoms with Crippen molar-refractivity contribution < 1.29 is 19.7 Å². The van der Waals surface area contributed by atoms with Gasteiger partial charge in [-0.1, -0.05) is 5.57 Å². The fourth-order valence-electron chi connectivity index (χ4n) is 0.388. The topological polar surface area (TPSA) is 66.8 Å². The van der Waals surface area contributed by atoms with E-state index in [1.807, 2.05) is 0 Å². The first-order valence-corrected chi connectivity index (χ1v) is 3.16. The van der Waals surface area contributed by atoms with Crippen molar-refractivity contribution in [3.05, 3.63) is 11.1 Å². The summed E-state index contributed by atoms with van der Waals surface area (Å²) in [7, 11) is 0. The fourth-order valence-corrected chi connectivity index (χ4v) is 0.388. The van der Waals surface area contributed by atoms with E-state index in [0.717, 1.165) is 5.57 Å². The predicted octanol–water partition coefficient (Wildman–Crippen LogP) is 0.154.